The van der Waals surface area contributed by atoms with Gasteiger partial charge in [-0.15, -0.1) is 0 Å². The van der Waals surface area contributed by atoms with Crippen LogP contribution >= 0.6 is 0 Å². The highest BCUT2D eigenvalue weighted by Crippen LogP contribution is 2.30. The van der Waals surface area contributed by atoms with Crippen LogP contribution in [0.2, 0.25) is 0 Å². The van der Waals surface area contributed by atoms with Crippen molar-refractivity contribution in [2.24, 2.45) is 0 Å². The normalized spacial score (nSPS) is 10.7. The number of hydrogen-bond donors (Lipinski definition) is 0. The van der Waals surface area contributed by atoms with Gasteiger partial charge in [-0.1, -0.05) is 6.92 Å². The van der Waals surface area contributed by atoms with Gasteiger partial charge in [0.25, 0.3) is 5.69 Å². The molecule has 0 saturated heterocycles. The Hall–Kier alpha value is -3.15. The van der Waals surface area contributed by atoms with E-state index in [-0.39, 0.29) is 5.69 Å². The molecule has 1 aromatic heterocycles. The lowest BCUT2D eigenvalue weighted by Crippen LogP contribution is -1.99. The van der Waals surface area contributed by atoms with Crippen molar-refractivity contribution in [2.75, 3.05) is 6.61 Å². The predicted molar refractivity (Wildman–Crippen MR) is 90.4 cm³/mol. The van der Waals surface area contributed by atoms with Gasteiger partial charge in [-0.25, -0.2) is 4.79 Å². The summed E-state index contributed by atoms with van der Waals surface area (Å²) in [5.74, 6) is 0.633. The molecule has 122 valence electrons. The molecule has 0 atom stereocenters. The van der Waals surface area contributed by atoms with E-state index in [1.807, 2.05) is 19.1 Å². The van der Waals surface area contributed by atoms with Crippen LogP contribution in [0.15, 0.2) is 57.7 Å². The second kappa shape index (κ2) is 6.54. The Balaban J connectivity index is 2.10. The minimum atomic E-state index is -0.483. The van der Waals surface area contributed by atoms with E-state index >= 15 is 0 Å². The Labute approximate surface area is 137 Å². The fourth-order valence-electron chi connectivity index (χ4n) is 2.45. The zero-order chi connectivity index (χ0) is 17.1. The SMILES string of the molecule is CCCOc1ccc2c(-c3ccc([N+](=O)[O-])cc3)cc(=O)oc2c1. The Bertz CT molecular complexity index is 944. The fraction of sp³-hybridized carbons (Fsp3) is 0.167. The zero-order valence-electron chi connectivity index (χ0n) is 13.0. The summed E-state index contributed by atoms with van der Waals surface area (Å²) in [7, 11) is 0. The average molecular weight is 325 g/mol. The summed E-state index contributed by atoms with van der Waals surface area (Å²) in [6.45, 7) is 2.59. The van der Waals surface area contributed by atoms with E-state index in [2.05, 4.69) is 0 Å². The lowest BCUT2D eigenvalue weighted by atomic mass is 10.0. The van der Waals surface area contributed by atoms with Gasteiger partial charge in [-0.05, 0) is 41.8 Å². The topological polar surface area (TPSA) is 82.6 Å². The van der Waals surface area contributed by atoms with Gasteiger partial charge >= 0.3 is 5.63 Å². The summed E-state index contributed by atoms with van der Waals surface area (Å²) in [5, 5.41) is 11.5. The molecule has 0 N–H and O–H groups in total. The summed E-state index contributed by atoms with van der Waals surface area (Å²) in [4.78, 5) is 22.2. The molecule has 0 radical (unpaired) electrons. The molecule has 0 bridgehead atoms. The number of ether oxygens (including phenoxy) is 1. The van der Waals surface area contributed by atoms with Crippen molar-refractivity contribution >= 4 is 16.7 Å². The molecule has 6 nitrogen and oxygen atoms in total. The Kier molecular flexibility index (Phi) is 4.29. The van der Waals surface area contributed by atoms with Gasteiger partial charge in [0.15, 0.2) is 0 Å². The summed E-state index contributed by atoms with van der Waals surface area (Å²) in [6.07, 6.45) is 0.880. The van der Waals surface area contributed by atoms with Gasteiger partial charge in [0.2, 0.25) is 0 Å². The molecular formula is C18H15NO5. The maximum Gasteiger partial charge on any atom is 0.336 e. The van der Waals surface area contributed by atoms with Crippen molar-refractivity contribution in [3.05, 3.63) is 69.1 Å². The van der Waals surface area contributed by atoms with E-state index < -0.39 is 10.5 Å². The highest BCUT2D eigenvalue weighted by atomic mass is 16.6. The average Bonchev–Trinajstić information content (AvgIpc) is 2.59. The molecule has 1 heterocycles. The molecule has 2 aromatic carbocycles. The van der Waals surface area contributed by atoms with E-state index in [0.29, 0.717) is 29.1 Å². The molecule has 3 rings (SSSR count). The van der Waals surface area contributed by atoms with Gasteiger partial charge in [0.05, 0.1) is 11.5 Å². The molecule has 0 aliphatic heterocycles. The third-order valence-corrected chi connectivity index (χ3v) is 3.58. The molecule has 6 heteroatoms. The van der Waals surface area contributed by atoms with Crippen LogP contribution in [-0.4, -0.2) is 11.5 Å². The second-order valence-corrected chi connectivity index (χ2v) is 5.29. The number of hydrogen-bond acceptors (Lipinski definition) is 5. The summed E-state index contributed by atoms with van der Waals surface area (Å²) in [6, 6.07) is 12.8. The van der Waals surface area contributed by atoms with Crippen LogP contribution in [-0.2, 0) is 0 Å². The molecule has 0 unspecified atom stereocenters. The van der Waals surface area contributed by atoms with Crippen LogP contribution in [0.5, 0.6) is 5.75 Å². The number of rotatable bonds is 5. The summed E-state index contributed by atoms with van der Waals surface area (Å²) >= 11 is 0. The summed E-state index contributed by atoms with van der Waals surface area (Å²) < 4.78 is 10.8. The maximum absolute atomic E-state index is 11.9. The van der Waals surface area contributed by atoms with Crippen molar-refractivity contribution < 1.29 is 14.1 Å². The van der Waals surface area contributed by atoms with Crippen molar-refractivity contribution in [3.63, 3.8) is 0 Å². The van der Waals surface area contributed by atoms with E-state index in [1.165, 1.54) is 18.2 Å². The van der Waals surface area contributed by atoms with E-state index in [1.54, 1.807) is 18.2 Å². The number of benzene rings is 2. The number of nitro groups is 1. The van der Waals surface area contributed by atoms with E-state index in [9.17, 15) is 14.9 Å². The molecule has 0 aliphatic rings. The Morgan fingerprint density at radius 3 is 2.54 bits per heavy atom. The van der Waals surface area contributed by atoms with Gasteiger partial charge in [0, 0.05) is 29.7 Å². The third-order valence-electron chi connectivity index (χ3n) is 3.58. The largest absolute Gasteiger partial charge is 0.493 e. The van der Waals surface area contributed by atoms with Gasteiger partial charge in [0.1, 0.15) is 11.3 Å². The first kappa shape index (κ1) is 15.7. The predicted octanol–water partition coefficient (Wildman–Crippen LogP) is 4.16. The van der Waals surface area contributed by atoms with Crippen LogP contribution in [0.25, 0.3) is 22.1 Å². The quantitative estimate of drug-likeness (QED) is 0.399. The lowest BCUT2D eigenvalue weighted by molar-refractivity contribution is -0.384. The molecular weight excluding hydrogens is 310 g/mol. The molecule has 0 aliphatic carbocycles. The third kappa shape index (κ3) is 3.12. The number of non-ortho nitro benzene ring substituents is 1. The van der Waals surface area contributed by atoms with Crippen molar-refractivity contribution in [3.8, 4) is 16.9 Å². The first-order chi connectivity index (χ1) is 11.6. The zero-order valence-corrected chi connectivity index (χ0v) is 13.0. The first-order valence-electron chi connectivity index (χ1n) is 7.54. The molecule has 0 fully saturated rings. The van der Waals surface area contributed by atoms with Gasteiger partial charge < -0.3 is 9.15 Å². The minimum Gasteiger partial charge on any atom is -0.493 e. The van der Waals surface area contributed by atoms with Gasteiger partial charge in [-0.2, -0.15) is 0 Å². The standard InChI is InChI=1S/C18H15NO5/c1-2-9-23-14-7-8-15-16(11-18(20)24-17(15)10-14)12-3-5-13(6-4-12)19(21)22/h3-8,10-11H,2,9H2,1H3. The lowest BCUT2D eigenvalue weighted by Gasteiger charge is -2.08. The van der Waals surface area contributed by atoms with Crippen LogP contribution in [0.3, 0.4) is 0 Å². The van der Waals surface area contributed by atoms with Crippen molar-refractivity contribution in [2.45, 2.75) is 13.3 Å². The van der Waals surface area contributed by atoms with Crippen LogP contribution < -0.4 is 10.4 Å². The van der Waals surface area contributed by atoms with Gasteiger partial charge in [-0.3, -0.25) is 10.1 Å². The van der Waals surface area contributed by atoms with Crippen LogP contribution in [0.4, 0.5) is 5.69 Å². The monoisotopic (exact) mass is 325 g/mol. The fourth-order valence-corrected chi connectivity index (χ4v) is 2.45. The summed E-state index contributed by atoms with van der Waals surface area (Å²) in [5.41, 5.74) is 1.31. The molecule has 0 amide bonds. The highest BCUT2D eigenvalue weighted by molar-refractivity contribution is 5.93. The van der Waals surface area contributed by atoms with Crippen LogP contribution in [0, 0.1) is 10.1 Å². The second-order valence-electron chi connectivity index (χ2n) is 5.29. The maximum atomic E-state index is 11.9. The highest BCUT2D eigenvalue weighted by Gasteiger charge is 2.11. The number of nitro benzene ring substituents is 1. The number of fused-ring (bicyclic) bond motifs is 1. The number of nitrogens with zero attached hydrogens (tertiary/aromatic N) is 1. The Morgan fingerprint density at radius 2 is 1.88 bits per heavy atom. The molecule has 0 saturated carbocycles. The van der Waals surface area contributed by atoms with Crippen molar-refractivity contribution in [1.29, 1.82) is 0 Å². The molecule has 0 spiro atoms. The van der Waals surface area contributed by atoms with E-state index in [0.717, 1.165) is 11.8 Å². The Morgan fingerprint density at radius 1 is 1.12 bits per heavy atom. The molecule has 3 aromatic rings. The molecule has 24 heavy (non-hydrogen) atoms. The minimum absolute atomic E-state index is 0.00118. The van der Waals surface area contributed by atoms with Crippen molar-refractivity contribution in [1.82, 2.24) is 0 Å². The van der Waals surface area contributed by atoms with E-state index in [4.69, 9.17) is 9.15 Å². The van der Waals surface area contributed by atoms with Crippen LogP contribution in [0.1, 0.15) is 13.3 Å². The smallest absolute Gasteiger partial charge is 0.336 e. The first-order valence-corrected chi connectivity index (χ1v) is 7.54.